The van der Waals surface area contributed by atoms with Crippen molar-refractivity contribution in [3.8, 4) is 0 Å². The van der Waals surface area contributed by atoms with Crippen molar-refractivity contribution < 1.29 is 29.0 Å². The molecule has 1 N–H and O–H groups in total. The Morgan fingerprint density at radius 2 is 1.67 bits per heavy atom. The molecule has 0 saturated carbocycles. The predicted octanol–water partition coefficient (Wildman–Crippen LogP) is 3.69. The first-order valence-corrected chi connectivity index (χ1v) is 10.9. The smallest absolute Gasteiger partial charge is 0.465 e. The maximum absolute atomic E-state index is 12.6. The monoisotopic (exact) mass is 461 g/mol. The Morgan fingerprint density at radius 3 is 2.15 bits per heavy atom. The third-order valence-corrected chi connectivity index (χ3v) is 5.88. The third kappa shape index (κ3) is 4.27. The molecular formula is C23H33N4O6+. The van der Waals surface area contributed by atoms with Crippen molar-refractivity contribution in [2.45, 2.75) is 52.7 Å². The lowest BCUT2D eigenvalue weighted by Crippen LogP contribution is -2.60. The van der Waals surface area contributed by atoms with Crippen LogP contribution in [-0.2, 0) is 9.47 Å². The first kappa shape index (κ1) is 24.5. The first-order chi connectivity index (χ1) is 15.2. The number of fused-ring (bicyclic) bond motifs is 1. The number of hydrogen-bond acceptors (Lipinski definition) is 7. The molecule has 0 radical (unpaired) electrons. The molecule has 1 unspecified atom stereocenters. The minimum Gasteiger partial charge on any atom is -0.465 e. The number of carboxylic acid groups (broad SMARTS) is 1. The van der Waals surface area contributed by atoms with Gasteiger partial charge in [-0.25, -0.2) is 14.6 Å². The van der Waals surface area contributed by atoms with Crippen molar-refractivity contribution in [3.63, 3.8) is 0 Å². The van der Waals surface area contributed by atoms with Crippen molar-refractivity contribution in [2.24, 2.45) is 0 Å². The number of methoxy groups -OCH3 is 1. The molecule has 2 amide bonds. The van der Waals surface area contributed by atoms with Crippen LogP contribution in [0.3, 0.4) is 0 Å². The van der Waals surface area contributed by atoms with Gasteiger partial charge in [0.25, 0.3) is 5.82 Å². The second-order valence-electron chi connectivity index (χ2n) is 10.2. The number of hydrogen-bond donors (Lipinski definition) is 1. The topological polar surface area (TPSA) is 109 Å². The lowest BCUT2D eigenvalue weighted by Gasteiger charge is -2.39. The van der Waals surface area contributed by atoms with Crippen LogP contribution >= 0.6 is 0 Å². The van der Waals surface area contributed by atoms with Crippen molar-refractivity contribution in [1.82, 2.24) is 14.4 Å². The van der Waals surface area contributed by atoms with Crippen molar-refractivity contribution in [1.29, 1.82) is 0 Å². The average molecular weight is 462 g/mol. The Balaban J connectivity index is 2.01. The first-order valence-electron chi connectivity index (χ1n) is 10.9. The SMILES string of the molecule is COC(=O)c1cnc2c(c1N1CCN(C(=O)OC(C)(C)C)CC1)C=C[N+]2(C(=O)O)C(C)(C)C. The van der Waals surface area contributed by atoms with Gasteiger partial charge in [0.15, 0.2) is 0 Å². The van der Waals surface area contributed by atoms with Gasteiger partial charge in [0, 0.05) is 38.5 Å². The van der Waals surface area contributed by atoms with Crippen molar-refractivity contribution in [3.05, 3.63) is 23.5 Å². The molecule has 3 rings (SSSR count). The Hall–Kier alpha value is -3.14. The number of carbonyl (C=O) groups excluding carboxylic acids is 2. The van der Waals surface area contributed by atoms with Gasteiger partial charge in [-0.15, -0.1) is 4.48 Å². The van der Waals surface area contributed by atoms with E-state index in [4.69, 9.17) is 9.47 Å². The van der Waals surface area contributed by atoms with Gasteiger partial charge in [-0.2, -0.15) is 4.79 Å². The number of aromatic nitrogens is 1. The highest BCUT2D eigenvalue weighted by Crippen LogP contribution is 2.46. The highest BCUT2D eigenvalue weighted by Gasteiger charge is 2.54. The third-order valence-electron chi connectivity index (χ3n) is 5.88. The zero-order valence-corrected chi connectivity index (χ0v) is 20.3. The zero-order chi connectivity index (χ0) is 24.8. The maximum atomic E-state index is 12.6. The number of carbonyl (C=O) groups is 3. The van der Waals surface area contributed by atoms with E-state index in [0.717, 1.165) is 0 Å². The molecule has 10 heteroatoms. The van der Waals surface area contributed by atoms with Gasteiger partial charge >= 0.3 is 18.2 Å². The standard InChI is InChI=1S/C23H32N4O6/c1-22(2,3)27(21(30)31)13-8-15-17(16(19(28)32-7)14-24-18(15)27)25-9-11-26(12-10-25)20(29)33-23(4,5)6/h8,13-14H,9-12H2,1-7H3/p+1. The molecule has 1 aromatic heterocycles. The van der Waals surface area contributed by atoms with Crippen molar-refractivity contribution >= 4 is 35.7 Å². The minimum atomic E-state index is -1.06. The molecule has 0 aliphatic carbocycles. The summed E-state index contributed by atoms with van der Waals surface area (Å²) < 4.78 is 9.95. The van der Waals surface area contributed by atoms with Crippen LogP contribution in [0.5, 0.6) is 0 Å². The fourth-order valence-corrected chi connectivity index (χ4v) is 4.22. The van der Waals surface area contributed by atoms with Gasteiger partial charge in [-0.3, -0.25) is 0 Å². The van der Waals surface area contributed by atoms with E-state index in [1.165, 1.54) is 13.3 Å². The Bertz CT molecular complexity index is 999. The summed E-state index contributed by atoms with van der Waals surface area (Å²) in [6.07, 6.45) is 3.25. The van der Waals surface area contributed by atoms with E-state index in [1.807, 2.05) is 46.4 Å². The normalized spacial score (nSPS) is 20.5. The number of esters is 1. The van der Waals surface area contributed by atoms with Crippen LogP contribution in [-0.4, -0.2) is 77.6 Å². The molecule has 2 aliphatic rings. The van der Waals surface area contributed by atoms with Crippen molar-refractivity contribution in [2.75, 3.05) is 38.2 Å². The molecule has 33 heavy (non-hydrogen) atoms. The largest absolute Gasteiger partial charge is 0.525 e. The number of pyridine rings is 1. The molecule has 1 aromatic rings. The van der Waals surface area contributed by atoms with E-state index in [0.29, 0.717) is 43.2 Å². The summed E-state index contributed by atoms with van der Waals surface area (Å²) in [4.78, 5) is 45.5. The van der Waals surface area contributed by atoms with Gasteiger partial charge < -0.3 is 24.4 Å². The zero-order valence-electron chi connectivity index (χ0n) is 20.3. The number of ether oxygens (including phenoxy) is 2. The van der Waals surface area contributed by atoms with Gasteiger partial charge in [0.1, 0.15) is 22.9 Å². The molecule has 1 fully saturated rings. The molecule has 0 aromatic carbocycles. The number of quaternary nitrogens is 1. The quantitative estimate of drug-likeness (QED) is 0.525. The minimum absolute atomic E-state index is 0.255. The molecule has 2 aliphatic heterocycles. The number of anilines is 1. The summed E-state index contributed by atoms with van der Waals surface area (Å²) in [5.74, 6) is -0.216. The molecule has 1 atom stereocenters. The van der Waals surface area contributed by atoms with E-state index in [-0.39, 0.29) is 11.7 Å². The van der Waals surface area contributed by atoms with Crippen LogP contribution in [0.15, 0.2) is 12.4 Å². The highest BCUT2D eigenvalue weighted by molar-refractivity contribution is 6.02. The second kappa shape index (κ2) is 8.33. The van der Waals surface area contributed by atoms with Crippen LogP contribution in [0.2, 0.25) is 0 Å². The van der Waals surface area contributed by atoms with Crippen LogP contribution in [0, 0.1) is 0 Å². The van der Waals surface area contributed by atoms with Gasteiger partial charge in [0.2, 0.25) is 0 Å². The van der Waals surface area contributed by atoms with Gasteiger partial charge in [-0.1, -0.05) is 0 Å². The number of nitrogens with zero attached hydrogens (tertiary/aromatic N) is 4. The molecule has 0 spiro atoms. The van der Waals surface area contributed by atoms with E-state index in [1.54, 1.807) is 17.2 Å². The maximum Gasteiger partial charge on any atom is 0.525 e. The summed E-state index contributed by atoms with van der Waals surface area (Å²) in [5, 5.41) is 10.2. The summed E-state index contributed by atoms with van der Waals surface area (Å²) >= 11 is 0. The number of piperazine rings is 1. The van der Waals surface area contributed by atoms with Crippen LogP contribution in [0.1, 0.15) is 57.5 Å². The van der Waals surface area contributed by atoms with E-state index >= 15 is 0 Å². The second-order valence-corrected chi connectivity index (χ2v) is 10.2. The van der Waals surface area contributed by atoms with Crippen LogP contribution in [0.4, 0.5) is 21.1 Å². The molecule has 3 heterocycles. The molecule has 0 bridgehead atoms. The molecule has 180 valence electrons. The van der Waals surface area contributed by atoms with E-state index in [2.05, 4.69) is 4.98 Å². The average Bonchev–Trinajstić information content (AvgIpc) is 3.12. The van der Waals surface area contributed by atoms with Gasteiger partial charge in [-0.05, 0) is 41.5 Å². The van der Waals surface area contributed by atoms with E-state index < -0.39 is 27.7 Å². The molecular weight excluding hydrogens is 428 g/mol. The fraction of sp³-hybridized carbons (Fsp3) is 0.565. The summed E-state index contributed by atoms with van der Waals surface area (Å²) in [6.45, 7) is 12.6. The summed E-state index contributed by atoms with van der Waals surface area (Å²) in [6, 6.07) is 0. The Kier molecular flexibility index (Phi) is 6.18. The van der Waals surface area contributed by atoms with Crippen LogP contribution in [0.25, 0.3) is 6.08 Å². The Morgan fingerprint density at radius 1 is 1.06 bits per heavy atom. The fourth-order valence-electron chi connectivity index (χ4n) is 4.22. The Labute approximate surface area is 194 Å². The summed E-state index contributed by atoms with van der Waals surface area (Å²) in [5.41, 5.74) is 0.0814. The molecule has 10 nitrogen and oxygen atoms in total. The predicted molar refractivity (Wildman–Crippen MR) is 124 cm³/mol. The van der Waals surface area contributed by atoms with Gasteiger partial charge in [0.05, 0.1) is 18.4 Å². The lowest BCUT2D eigenvalue weighted by molar-refractivity contribution is 0.0239. The van der Waals surface area contributed by atoms with Crippen LogP contribution < -0.4 is 9.38 Å². The highest BCUT2D eigenvalue weighted by atomic mass is 16.6. The number of amides is 2. The summed E-state index contributed by atoms with van der Waals surface area (Å²) in [7, 11) is 1.29. The molecule has 1 saturated heterocycles. The van der Waals surface area contributed by atoms with E-state index in [9.17, 15) is 19.5 Å². The number of rotatable bonds is 2. The lowest BCUT2D eigenvalue weighted by atomic mass is 10.0.